The number of rotatable bonds is 4. The minimum atomic E-state index is -3.53. The van der Waals surface area contributed by atoms with Gasteiger partial charge in [0.2, 0.25) is 5.89 Å². The van der Waals surface area contributed by atoms with Gasteiger partial charge in [0.15, 0.2) is 5.82 Å². The molecule has 2 heterocycles. The van der Waals surface area contributed by atoms with Crippen LogP contribution in [-0.4, -0.2) is 30.4 Å². The van der Waals surface area contributed by atoms with Crippen LogP contribution >= 0.6 is 0 Å². The smallest absolute Gasteiger partial charge is 0.263 e. The highest BCUT2D eigenvalue weighted by atomic mass is 32.2. The Morgan fingerprint density at radius 2 is 2.16 bits per heavy atom. The number of hydrogen-bond acceptors (Lipinski definition) is 7. The molecule has 3 N–H and O–H groups in total. The highest BCUT2D eigenvalue weighted by Crippen LogP contribution is 2.36. The lowest BCUT2D eigenvalue weighted by atomic mass is 9.77. The minimum Gasteiger partial charge on any atom is -0.339 e. The zero-order valence-corrected chi connectivity index (χ0v) is 14.6. The van der Waals surface area contributed by atoms with Gasteiger partial charge in [0, 0.05) is 12.0 Å². The van der Waals surface area contributed by atoms with Gasteiger partial charge in [-0.15, -0.1) is 0 Å². The van der Waals surface area contributed by atoms with Crippen LogP contribution in [-0.2, 0) is 22.0 Å². The Kier molecular flexibility index (Phi) is 3.66. The molecule has 132 valence electrons. The van der Waals surface area contributed by atoms with Gasteiger partial charge in [-0.2, -0.15) is 4.98 Å². The lowest BCUT2D eigenvalue weighted by Crippen LogP contribution is -2.44. The molecule has 1 aromatic heterocycles. The molecule has 1 saturated carbocycles. The third kappa shape index (κ3) is 2.83. The largest absolute Gasteiger partial charge is 0.339 e. The normalized spacial score (nSPS) is 22.9. The fourth-order valence-electron chi connectivity index (χ4n) is 3.07. The van der Waals surface area contributed by atoms with E-state index in [1.807, 2.05) is 6.92 Å². The van der Waals surface area contributed by atoms with Crippen molar-refractivity contribution in [1.29, 1.82) is 0 Å². The van der Waals surface area contributed by atoms with Gasteiger partial charge in [-0.25, -0.2) is 8.42 Å². The van der Waals surface area contributed by atoms with E-state index in [4.69, 9.17) is 10.3 Å². The van der Waals surface area contributed by atoms with Crippen molar-refractivity contribution in [2.75, 3.05) is 0 Å². The molecule has 1 aromatic carbocycles. The maximum atomic E-state index is 12.1. The number of aliphatic imine (C=N–C) groups is 1. The molecule has 25 heavy (non-hydrogen) atoms. The Hall–Kier alpha value is -2.26. The summed E-state index contributed by atoms with van der Waals surface area (Å²) in [6.07, 6.45) is 3.21. The summed E-state index contributed by atoms with van der Waals surface area (Å²) < 4.78 is 32.0. The van der Waals surface area contributed by atoms with Gasteiger partial charge in [-0.05, 0) is 38.3 Å². The molecule has 0 saturated heterocycles. The monoisotopic (exact) mass is 361 g/mol. The molecular weight excluding hydrogens is 342 g/mol. The third-order valence-electron chi connectivity index (χ3n) is 4.64. The van der Waals surface area contributed by atoms with Crippen LogP contribution in [0.25, 0.3) is 0 Å². The van der Waals surface area contributed by atoms with Crippen LogP contribution in [0, 0.1) is 0 Å². The summed E-state index contributed by atoms with van der Waals surface area (Å²) >= 11 is 0. The summed E-state index contributed by atoms with van der Waals surface area (Å²) in [7, 11) is -3.53. The lowest BCUT2D eigenvalue weighted by molar-refractivity contribution is 0.229. The molecule has 0 spiro atoms. The van der Waals surface area contributed by atoms with E-state index in [-0.39, 0.29) is 10.9 Å². The van der Waals surface area contributed by atoms with Crippen molar-refractivity contribution >= 4 is 15.9 Å². The Bertz CT molecular complexity index is 946. The van der Waals surface area contributed by atoms with Gasteiger partial charge in [0.1, 0.15) is 5.84 Å². The van der Waals surface area contributed by atoms with Crippen molar-refractivity contribution in [2.24, 2.45) is 10.7 Å². The second kappa shape index (κ2) is 5.63. The summed E-state index contributed by atoms with van der Waals surface area (Å²) in [4.78, 5) is 9.11. The minimum absolute atomic E-state index is 0.229. The van der Waals surface area contributed by atoms with Crippen LogP contribution in [0.2, 0.25) is 0 Å². The number of amidine groups is 1. The SMILES string of the molecule is CC(Cc1nc(C2(N)CCC2)no1)N=C1NS(=O)(=O)c2ccccc21. The molecule has 2 aliphatic rings. The Morgan fingerprint density at radius 1 is 1.40 bits per heavy atom. The molecule has 1 aliphatic heterocycles. The van der Waals surface area contributed by atoms with E-state index in [1.165, 1.54) is 0 Å². The van der Waals surface area contributed by atoms with Crippen molar-refractivity contribution in [1.82, 2.24) is 14.9 Å². The molecule has 4 rings (SSSR count). The number of benzene rings is 1. The summed E-state index contributed by atoms with van der Waals surface area (Å²) in [5.41, 5.74) is 6.31. The Morgan fingerprint density at radius 3 is 2.88 bits per heavy atom. The van der Waals surface area contributed by atoms with Crippen LogP contribution in [0.1, 0.15) is 43.5 Å². The van der Waals surface area contributed by atoms with Crippen LogP contribution in [0.15, 0.2) is 38.7 Å². The maximum absolute atomic E-state index is 12.1. The van der Waals surface area contributed by atoms with E-state index < -0.39 is 15.6 Å². The van der Waals surface area contributed by atoms with E-state index in [1.54, 1.807) is 24.3 Å². The summed E-state index contributed by atoms with van der Waals surface area (Å²) in [6.45, 7) is 1.87. The van der Waals surface area contributed by atoms with Crippen molar-refractivity contribution in [3.8, 4) is 0 Å². The summed E-state index contributed by atoms with van der Waals surface area (Å²) in [5, 5.41) is 3.98. The molecule has 0 amide bonds. The third-order valence-corrected chi connectivity index (χ3v) is 6.04. The number of hydrogen-bond donors (Lipinski definition) is 2. The second-order valence-corrected chi connectivity index (χ2v) is 8.30. The fraction of sp³-hybridized carbons (Fsp3) is 0.438. The topological polar surface area (TPSA) is 123 Å². The first-order chi connectivity index (χ1) is 11.9. The first-order valence-corrected chi connectivity index (χ1v) is 9.68. The van der Waals surface area contributed by atoms with E-state index in [0.717, 1.165) is 19.3 Å². The van der Waals surface area contributed by atoms with Crippen LogP contribution in [0.4, 0.5) is 0 Å². The Balaban J connectivity index is 1.53. The number of fused-ring (bicyclic) bond motifs is 1. The number of aromatic nitrogens is 2. The van der Waals surface area contributed by atoms with Crippen LogP contribution < -0.4 is 10.5 Å². The van der Waals surface area contributed by atoms with Gasteiger partial charge in [0.05, 0.1) is 16.5 Å². The number of nitrogens with one attached hydrogen (secondary N) is 1. The molecule has 1 atom stereocenters. The molecule has 1 aliphatic carbocycles. The van der Waals surface area contributed by atoms with E-state index in [0.29, 0.717) is 29.5 Å². The summed E-state index contributed by atoms with van der Waals surface area (Å²) in [6, 6.07) is 6.54. The van der Waals surface area contributed by atoms with Gasteiger partial charge in [-0.1, -0.05) is 17.3 Å². The quantitative estimate of drug-likeness (QED) is 0.840. The van der Waals surface area contributed by atoms with Crippen LogP contribution in [0.5, 0.6) is 0 Å². The second-order valence-electron chi connectivity index (χ2n) is 6.65. The zero-order chi connectivity index (χ0) is 17.7. The molecule has 0 bridgehead atoms. The van der Waals surface area contributed by atoms with Gasteiger partial charge < -0.3 is 10.3 Å². The van der Waals surface area contributed by atoms with E-state index in [2.05, 4.69) is 19.9 Å². The maximum Gasteiger partial charge on any atom is 0.263 e. The number of sulfonamides is 1. The van der Waals surface area contributed by atoms with Gasteiger partial charge >= 0.3 is 0 Å². The average molecular weight is 361 g/mol. The van der Waals surface area contributed by atoms with E-state index >= 15 is 0 Å². The molecule has 9 heteroatoms. The van der Waals surface area contributed by atoms with Crippen LogP contribution in [0.3, 0.4) is 0 Å². The average Bonchev–Trinajstić information content (AvgIpc) is 3.09. The molecule has 2 aromatic rings. The first-order valence-electron chi connectivity index (χ1n) is 8.19. The van der Waals surface area contributed by atoms with Crippen molar-refractivity contribution in [2.45, 2.75) is 49.1 Å². The molecular formula is C16H19N5O3S. The van der Waals surface area contributed by atoms with Gasteiger partial charge in [0.25, 0.3) is 10.0 Å². The summed E-state index contributed by atoms with van der Waals surface area (Å²) in [5.74, 6) is 1.34. The Labute approximate surface area is 145 Å². The fourth-order valence-corrected chi connectivity index (χ4v) is 4.31. The predicted molar refractivity (Wildman–Crippen MR) is 90.5 cm³/mol. The van der Waals surface area contributed by atoms with E-state index in [9.17, 15) is 8.42 Å². The standard InChI is InChI=1S/C16H19N5O3S/c1-10(9-13-19-15(20-24-13)16(17)7-4-8-16)18-14-11-5-2-3-6-12(11)25(22,23)21-14/h2-3,5-6,10H,4,7-9,17H2,1H3,(H,18,21). The molecule has 8 nitrogen and oxygen atoms in total. The lowest BCUT2D eigenvalue weighted by Gasteiger charge is -2.34. The number of nitrogens with two attached hydrogens (primary N) is 1. The van der Waals surface area contributed by atoms with Crippen molar-refractivity contribution in [3.05, 3.63) is 41.5 Å². The zero-order valence-electron chi connectivity index (χ0n) is 13.8. The number of nitrogens with zero attached hydrogens (tertiary/aromatic N) is 3. The van der Waals surface area contributed by atoms with Gasteiger partial charge in [-0.3, -0.25) is 9.71 Å². The van der Waals surface area contributed by atoms with Crippen molar-refractivity contribution < 1.29 is 12.9 Å². The highest BCUT2D eigenvalue weighted by Gasteiger charge is 2.39. The molecule has 1 fully saturated rings. The highest BCUT2D eigenvalue weighted by molar-refractivity contribution is 7.90. The van der Waals surface area contributed by atoms with Crippen molar-refractivity contribution in [3.63, 3.8) is 0 Å². The first kappa shape index (κ1) is 16.2. The molecule has 0 radical (unpaired) electrons. The molecule has 1 unspecified atom stereocenters. The predicted octanol–water partition coefficient (Wildman–Crippen LogP) is 1.08.